The summed E-state index contributed by atoms with van der Waals surface area (Å²) in [4.78, 5) is 11.5. The molecule has 1 atom stereocenters. The van der Waals surface area contributed by atoms with Gasteiger partial charge in [0, 0.05) is 11.1 Å². The molecule has 4 heteroatoms. The maximum atomic E-state index is 12.6. The first-order chi connectivity index (χ1) is 6.93. The lowest BCUT2D eigenvalue weighted by Crippen LogP contribution is -2.13. The normalized spacial score (nSPS) is 12.9. The Balaban J connectivity index is 3.23. The number of carbonyl (C=O) groups excluding carboxylic acids is 1. The highest BCUT2D eigenvalue weighted by Crippen LogP contribution is 2.25. The topological polar surface area (TPSA) is 17.1 Å². The van der Waals surface area contributed by atoms with E-state index in [2.05, 4.69) is 0 Å². The lowest BCUT2D eigenvalue weighted by molar-refractivity contribution is 0.0978. The van der Waals surface area contributed by atoms with Crippen LogP contribution in [-0.2, 0) is 0 Å². The van der Waals surface area contributed by atoms with Crippen molar-refractivity contribution in [3.8, 4) is 0 Å². The smallest absolute Gasteiger partial charge is 0.264 e. The first kappa shape index (κ1) is 12.1. The molecule has 0 bridgehead atoms. The molecular formula is C11H11ClF2O. The molecule has 0 N–H and O–H groups in total. The van der Waals surface area contributed by atoms with Crippen LogP contribution in [-0.4, -0.2) is 11.2 Å². The van der Waals surface area contributed by atoms with Gasteiger partial charge >= 0.3 is 0 Å². The van der Waals surface area contributed by atoms with E-state index < -0.39 is 17.6 Å². The monoisotopic (exact) mass is 232 g/mol. The number of benzene rings is 1. The van der Waals surface area contributed by atoms with E-state index in [-0.39, 0.29) is 11.1 Å². The van der Waals surface area contributed by atoms with Gasteiger partial charge in [0.2, 0.25) is 0 Å². The van der Waals surface area contributed by atoms with Crippen LogP contribution in [0, 0.1) is 6.92 Å². The number of Topliss-reactive ketones (excluding diaryl/α,β-unsaturated/α-hetero) is 1. The Morgan fingerprint density at radius 3 is 2.47 bits per heavy atom. The van der Waals surface area contributed by atoms with Crippen molar-refractivity contribution in [3.63, 3.8) is 0 Å². The third-order valence-electron chi connectivity index (χ3n) is 2.07. The Morgan fingerprint density at radius 2 is 2.00 bits per heavy atom. The molecule has 0 aliphatic rings. The van der Waals surface area contributed by atoms with Crippen LogP contribution in [0.2, 0.25) is 0 Å². The molecule has 1 unspecified atom stereocenters. The zero-order valence-corrected chi connectivity index (χ0v) is 9.18. The van der Waals surface area contributed by atoms with Gasteiger partial charge in [0.1, 0.15) is 0 Å². The summed E-state index contributed by atoms with van der Waals surface area (Å²) in [6.07, 6.45) is -2.65. The molecule has 1 rings (SSSR count). The minimum Gasteiger partial charge on any atom is -0.293 e. The minimum atomic E-state index is -2.65. The summed E-state index contributed by atoms with van der Waals surface area (Å²) in [5.74, 6) is -0.466. The van der Waals surface area contributed by atoms with Gasteiger partial charge in [-0.1, -0.05) is 17.7 Å². The maximum Gasteiger partial charge on any atom is 0.264 e. The van der Waals surface area contributed by atoms with Crippen molar-refractivity contribution in [2.24, 2.45) is 0 Å². The van der Waals surface area contributed by atoms with Gasteiger partial charge in [0.05, 0.1) is 5.38 Å². The van der Waals surface area contributed by atoms with Crippen LogP contribution in [0.3, 0.4) is 0 Å². The fourth-order valence-electron chi connectivity index (χ4n) is 1.30. The largest absolute Gasteiger partial charge is 0.293 e. The molecule has 1 nitrogen and oxygen atoms in total. The molecule has 0 radical (unpaired) electrons. The second-order valence-corrected chi connectivity index (χ2v) is 4.03. The van der Waals surface area contributed by atoms with Gasteiger partial charge in [0.25, 0.3) is 6.43 Å². The number of aryl methyl sites for hydroxylation is 1. The summed E-state index contributed by atoms with van der Waals surface area (Å²) >= 11 is 5.58. The molecule has 0 heterocycles. The predicted octanol–water partition coefficient (Wildman–Crippen LogP) is 3.74. The summed E-state index contributed by atoms with van der Waals surface area (Å²) in [6, 6.07) is 4.34. The molecule has 0 fully saturated rings. The van der Waals surface area contributed by atoms with Gasteiger partial charge < -0.3 is 0 Å². The van der Waals surface area contributed by atoms with Crippen molar-refractivity contribution < 1.29 is 13.6 Å². The Kier molecular flexibility index (Phi) is 3.80. The average molecular weight is 233 g/mol. The fourth-order valence-corrected chi connectivity index (χ4v) is 1.42. The Bertz CT molecular complexity index is 375. The molecule has 82 valence electrons. The summed E-state index contributed by atoms with van der Waals surface area (Å²) in [6.45, 7) is 3.17. The van der Waals surface area contributed by atoms with Crippen LogP contribution >= 0.6 is 11.6 Å². The second kappa shape index (κ2) is 4.71. The van der Waals surface area contributed by atoms with Crippen LogP contribution in [0.15, 0.2) is 18.2 Å². The van der Waals surface area contributed by atoms with Gasteiger partial charge in [-0.3, -0.25) is 4.79 Å². The molecular weight excluding hydrogens is 222 g/mol. The fraction of sp³-hybridized carbons (Fsp3) is 0.364. The van der Waals surface area contributed by atoms with E-state index in [0.29, 0.717) is 5.56 Å². The van der Waals surface area contributed by atoms with Crippen LogP contribution in [0.25, 0.3) is 0 Å². The maximum absolute atomic E-state index is 12.6. The van der Waals surface area contributed by atoms with Crippen LogP contribution < -0.4 is 0 Å². The van der Waals surface area contributed by atoms with Crippen molar-refractivity contribution >= 4 is 17.4 Å². The number of halogens is 3. The first-order valence-corrected chi connectivity index (χ1v) is 4.94. The van der Waals surface area contributed by atoms with Crippen molar-refractivity contribution in [3.05, 3.63) is 34.9 Å². The number of rotatable bonds is 3. The minimum absolute atomic E-state index is 0.0121. The predicted molar refractivity (Wildman–Crippen MR) is 55.8 cm³/mol. The van der Waals surface area contributed by atoms with E-state index in [1.165, 1.54) is 19.1 Å². The first-order valence-electron chi connectivity index (χ1n) is 4.50. The van der Waals surface area contributed by atoms with E-state index in [0.717, 1.165) is 0 Å². The van der Waals surface area contributed by atoms with Gasteiger partial charge in [-0.05, 0) is 19.9 Å². The highest BCUT2D eigenvalue weighted by molar-refractivity contribution is 6.33. The number of hydrogen-bond acceptors (Lipinski definition) is 1. The average Bonchev–Trinajstić information content (AvgIpc) is 2.16. The summed E-state index contributed by atoms with van der Waals surface area (Å²) < 4.78 is 25.3. The van der Waals surface area contributed by atoms with E-state index in [9.17, 15) is 13.6 Å². The lowest BCUT2D eigenvalue weighted by Gasteiger charge is -2.09. The standard InChI is InChI=1S/C11H11ClF2O/c1-6-3-4-8(10(15)7(2)12)9(5-6)11(13)14/h3-5,7,11H,1-2H3. The third kappa shape index (κ3) is 2.75. The quantitative estimate of drug-likeness (QED) is 0.573. The summed E-state index contributed by atoms with van der Waals surface area (Å²) in [5, 5.41) is -0.787. The number of ketones is 1. The zero-order chi connectivity index (χ0) is 11.6. The molecule has 0 amide bonds. The molecule has 0 aliphatic carbocycles. The number of hydrogen-bond donors (Lipinski definition) is 0. The van der Waals surface area contributed by atoms with E-state index in [4.69, 9.17) is 11.6 Å². The number of carbonyl (C=O) groups is 1. The summed E-state index contributed by atoms with van der Waals surface area (Å²) in [5.41, 5.74) is 0.467. The molecule has 0 spiro atoms. The molecule has 15 heavy (non-hydrogen) atoms. The number of alkyl halides is 3. The van der Waals surface area contributed by atoms with Crippen molar-refractivity contribution in [2.45, 2.75) is 25.7 Å². The third-order valence-corrected chi connectivity index (χ3v) is 2.27. The van der Waals surface area contributed by atoms with Crippen LogP contribution in [0.1, 0.15) is 34.8 Å². The van der Waals surface area contributed by atoms with Crippen molar-refractivity contribution in [1.29, 1.82) is 0 Å². The Labute approximate surface area is 92.1 Å². The molecule has 0 aliphatic heterocycles. The highest BCUT2D eigenvalue weighted by Gasteiger charge is 2.21. The Hall–Kier alpha value is -0.960. The van der Waals surface area contributed by atoms with E-state index in [1.54, 1.807) is 13.0 Å². The van der Waals surface area contributed by atoms with Crippen molar-refractivity contribution in [2.75, 3.05) is 0 Å². The summed E-state index contributed by atoms with van der Waals surface area (Å²) in [7, 11) is 0. The molecule has 1 aromatic carbocycles. The van der Waals surface area contributed by atoms with E-state index in [1.807, 2.05) is 0 Å². The lowest BCUT2D eigenvalue weighted by atomic mass is 10.00. The van der Waals surface area contributed by atoms with Gasteiger partial charge in [-0.25, -0.2) is 8.78 Å². The Morgan fingerprint density at radius 1 is 1.40 bits per heavy atom. The zero-order valence-electron chi connectivity index (χ0n) is 8.43. The van der Waals surface area contributed by atoms with Crippen LogP contribution in [0.4, 0.5) is 8.78 Å². The van der Waals surface area contributed by atoms with Gasteiger partial charge in [0.15, 0.2) is 5.78 Å². The van der Waals surface area contributed by atoms with Gasteiger partial charge in [-0.2, -0.15) is 0 Å². The molecule has 0 saturated carbocycles. The van der Waals surface area contributed by atoms with E-state index >= 15 is 0 Å². The second-order valence-electron chi connectivity index (χ2n) is 3.37. The van der Waals surface area contributed by atoms with Crippen molar-refractivity contribution in [1.82, 2.24) is 0 Å². The molecule has 0 saturated heterocycles. The molecule has 0 aromatic heterocycles. The highest BCUT2D eigenvalue weighted by atomic mass is 35.5. The van der Waals surface area contributed by atoms with Gasteiger partial charge in [-0.15, -0.1) is 11.6 Å². The SMILES string of the molecule is Cc1ccc(C(=O)C(C)Cl)c(C(F)F)c1. The van der Waals surface area contributed by atoms with Crippen LogP contribution in [0.5, 0.6) is 0 Å². The molecule has 1 aromatic rings.